The smallest absolute Gasteiger partial charge is 0.170 e. The predicted octanol–water partition coefficient (Wildman–Crippen LogP) is 2.03. The second kappa shape index (κ2) is 7.14. The van der Waals surface area contributed by atoms with Gasteiger partial charge in [0.1, 0.15) is 12.4 Å². The van der Waals surface area contributed by atoms with Crippen molar-refractivity contribution < 1.29 is 9.94 Å². The van der Waals surface area contributed by atoms with Crippen molar-refractivity contribution in [3.05, 3.63) is 29.8 Å². The van der Waals surface area contributed by atoms with Crippen molar-refractivity contribution >= 4 is 5.84 Å². The molecule has 2 rings (SSSR count). The van der Waals surface area contributed by atoms with E-state index in [4.69, 9.17) is 15.7 Å². The summed E-state index contributed by atoms with van der Waals surface area (Å²) in [4.78, 5) is 2.39. The molecule has 1 aromatic rings. The molecule has 5 nitrogen and oxygen atoms in total. The Kier molecular flexibility index (Phi) is 5.24. The molecule has 1 fully saturated rings. The maximum atomic E-state index is 8.59. The van der Waals surface area contributed by atoms with Crippen LogP contribution in [0.4, 0.5) is 0 Å². The molecule has 110 valence electrons. The lowest BCUT2D eigenvalue weighted by molar-refractivity contribution is 0.193. The Morgan fingerprint density at radius 2 is 2.00 bits per heavy atom. The third-order valence-corrected chi connectivity index (χ3v) is 3.92. The Bertz CT molecular complexity index is 439. The van der Waals surface area contributed by atoms with E-state index in [0.29, 0.717) is 12.2 Å². The predicted molar refractivity (Wildman–Crippen MR) is 79.3 cm³/mol. The summed E-state index contributed by atoms with van der Waals surface area (Å²) < 4.78 is 5.72. The van der Waals surface area contributed by atoms with Crippen molar-refractivity contribution in [2.75, 3.05) is 20.2 Å². The van der Waals surface area contributed by atoms with E-state index < -0.39 is 0 Å². The molecule has 1 saturated carbocycles. The average Bonchev–Trinajstić information content (AvgIpc) is 3.01. The molecule has 0 unspecified atom stereocenters. The summed E-state index contributed by atoms with van der Waals surface area (Å²) in [6, 6.07) is 7.96. The van der Waals surface area contributed by atoms with E-state index in [0.717, 1.165) is 18.3 Å². The standard InChI is InChI=1S/C15H23N3O2/c1-18(13-4-2-3-5-13)10-11-20-14-8-6-12(7-9-14)15(16)17-19/h6-9,13,19H,2-5,10-11H2,1H3,(H2,16,17). The van der Waals surface area contributed by atoms with Gasteiger partial charge in [0.05, 0.1) is 0 Å². The van der Waals surface area contributed by atoms with Crippen LogP contribution in [0.5, 0.6) is 5.75 Å². The van der Waals surface area contributed by atoms with Crippen LogP contribution >= 0.6 is 0 Å². The van der Waals surface area contributed by atoms with Gasteiger partial charge in [-0.15, -0.1) is 0 Å². The number of ether oxygens (including phenoxy) is 1. The molecule has 1 aromatic carbocycles. The highest BCUT2D eigenvalue weighted by molar-refractivity contribution is 5.97. The van der Waals surface area contributed by atoms with Gasteiger partial charge in [0.2, 0.25) is 0 Å². The molecule has 5 heteroatoms. The molecule has 1 aliphatic carbocycles. The Morgan fingerprint density at radius 3 is 2.60 bits per heavy atom. The number of rotatable bonds is 6. The first kappa shape index (κ1) is 14.7. The van der Waals surface area contributed by atoms with Crippen LogP contribution in [-0.2, 0) is 0 Å². The summed E-state index contributed by atoms with van der Waals surface area (Å²) in [7, 11) is 2.17. The van der Waals surface area contributed by atoms with Gasteiger partial charge in [0.25, 0.3) is 0 Å². The summed E-state index contributed by atoms with van der Waals surface area (Å²) in [5, 5.41) is 11.6. The molecule has 0 atom stereocenters. The van der Waals surface area contributed by atoms with Crippen LogP contribution in [0.2, 0.25) is 0 Å². The second-order valence-electron chi connectivity index (χ2n) is 5.28. The quantitative estimate of drug-likeness (QED) is 0.361. The van der Waals surface area contributed by atoms with Crippen LogP contribution in [0.15, 0.2) is 29.4 Å². The van der Waals surface area contributed by atoms with Crippen LogP contribution in [-0.4, -0.2) is 42.2 Å². The molecule has 1 aliphatic rings. The molecular formula is C15H23N3O2. The van der Waals surface area contributed by atoms with Gasteiger partial charge < -0.3 is 20.6 Å². The fourth-order valence-electron chi connectivity index (χ4n) is 2.61. The molecule has 20 heavy (non-hydrogen) atoms. The van der Waals surface area contributed by atoms with E-state index in [9.17, 15) is 0 Å². The minimum absolute atomic E-state index is 0.109. The lowest BCUT2D eigenvalue weighted by atomic mass is 10.2. The van der Waals surface area contributed by atoms with E-state index in [2.05, 4.69) is 17.1 Å². The maximum absolute atomic E-state index is 8.59. The first-order valence-corrected chi connectivity index (χ1v) is 7.11. The molecule has 0 spiro atoms. The average molecular weight is 277 g/mol. The summed E-state index contributed by atoms with van der Waals surface area (Å²) in [6.07, 6.45) is 5.33. The first-order valence-electron chi connectivity index (χ1n) is 7.11. The third kappa shape index (κ3) is 3.87. The van der Waals surface area contributed by atoms with Crippen LogP contribution in [0.25, 0.3) is 0 Å². The zero-order valence-corrected chi connectivity index (χ0v) is 12.0. The number of hydrogen-bond donors (Lipinski definition) is 2. The summed E-state index contributed by atoms with van der Waals surface area (Å²) in [5.41, 5.74) is 6.19. The van der Waals surface area contributed by atoms with Crippen LogP contribution in [0.3, 0.4) is 0 Å². The maximum Gasteiger partial charge on any atom is 0.170 e. The highest BCUT2D eigenvalue weighted by Crippen LogP contribution is 2.22. The molecule has 0 heterocycles. The van der Waals surface area contributed by atoms with Crippen molar-refractivity contribution in [2.45, 2.75) is 31.7 Å². The van der Waals surface area contributed by atoms with Crippen LogP contribution in [0.1, 0.15) is 31.2 Å². The minimum Gasteiger partial charge on any atom is -0.492 e. The van der Waals surface area contributed by atoms with Crippen molar-refractivity contribution in [2.24, 2.45) is 10.9 Å². The van der Waals surface area contributed by atoms with Crippen molar-refractivity contribution in [1.29, 1.82) is 0 Å². The molecule has 0 amide bonds. The zero-order valence-electron chi connectivity index (χ0n) is 12.0. The van der Waals surface area contributed by atoms with Crippen molar-refractivity contribution in [1.82, 2.24) is 4.90 Å². The number of hydrogen-bond acceptors (Lipinski definition) is 4. The van der Waals surface area contributed by atoms with E-state index in [-0.39, 0.29) is 5.84 Å². The normalized spacial score (nSPS) is 16.8. The number of nitrogens with zero attached hydrogens (tertiary/aromatic N) is 2. The number of amidine groups is 1. The highest BCUT2D eigenvalue weighted by atomic mass is 16.5. The minimum atomic E-state index is 0.109. The number of benzene rings is 1. The van der Waals surface area contributed by atoms with Gasteiger partial charge >= 0.3 is 0 Å². The lowest BCUT2D eigenvalue weighted by Crippen LogP contribution is -2.32. The van der Waals surface area contributed by atoms with E-state index >= 15 is 0 Å². The monoisotopic (exact) mass is 277 g/mol. The Hall–Kier alpha value is -1.75. The summed E-state index contributed by atoms with van der Waals surface area (Å²) >= 11 is 0. The van der Waals surface area contributed by atoms with Gasteiger partial charge in [0, 0.05) is 18.2 Å². The number of nitrogens with two attached hydrogens (primary N) is 1. The second-order valence-corrected chi connectivity index (χ2v) is 5.28. The molecule has 0 aromatic heterocycles. The van der Waals surface area contributed by atoms with Crippen molar-refractivity contribution in [3.63, 3.8) is 0 Å². The van der Waals surface area contributed by atoms with Gasteiger partial charge in [-0.3, -0.25) is 0 Å². The van der Waals surface area contributed by atoms with Gasteiger partial charge in [-0.25, -0.2) is 0 Å². The molecular weight excluding hydrogens is 254 g/mol. The van der Waals surface area contributed by atoms with Gasteiger partial charge in [0.15, 0.2) is 5.84 Å². The molecule has 0 aliphatic heterocycles. The number of likely N-dealkylation sites (N-methyl/N-ethyl adjacent to an activating group) is 1. The largest absolute Gasteiger partial charge is 0.492 e. The molecule has 3 N–H and O–H groups in total. The van der Waals surface area contributed by atoms with Crippen molar-refractivity contribution in [3.8, 4) is 5.75 Å². The molecule has 0 bridgehead atoms. The third-order valence-electron chi connectivity index (χ3n) is 3.92. The highest BCUT2D eigenvalue weighted by Gasteiger charge is 2.18. The molecule has 0 saturated heterocycles. The SMILES string of the molecule is CN(CCOc1ccc(/C(N)=N/O)cc1)C1CCCC1. The fraction of sp³-hybridized carbons (Fsp3) is 0.533. The topological polar surface area (TPSA) is 71.1 Å². The lowest BCUT2D eigenvalue weighted by Gasteiger charge is -2.23. The number of oxime groups is 1. The van der Waals surface area contributed by atoms with Crippen LogP contribution in [0, 0.1) is 0 Å². The molecule has 0 radical (unpaired) electrons. The van der Waals surface area contributed by atoms with E-state index in [1.807, 2.05) is 12.1 Å². The Morgan fingerprint density at radius 1 is 1.35 bits per heavy atom. The first-order chi connectivity index (χ1) is 9.70. The van der Waals surface area contributed by atoms with Gasteiger partial charge in [-0.05, 0) is 44.2 Å². The zero-order chi connectivity index (χ0) is 14.4. The summed E-state index contributed by atoms with van der Waals surface area (Å²) in [5.74, 6) is 0.914. The fourth-order valence-corrected chi connectivity index (χ4v) is 2.61. The Balaban J connectivity index is 1.76. The Labute approximate surface area is 120 Å². The summed E-state index contributed by atoms with van der Waals surface area (Å²) in [6.45, 7) is 1.61. The van der Waals surface area contributed by atoms with Crippen LogP contribution < -0.4 is 10.5 Å². The van der Waals surface area contributed by atoms with Gasteiger partial charge in [-0.1, -0.05) is 18.0 Å². The van der Waals surface area contributed by atoms with E-state index in [1.54, 1.807) is 12.1 Å². The van der Waals surface area contributed by atoms with E-state index in [1.165, 1.54) is 25.7 Å². The van der Waals surface area contributed by atoms with Gasteiger partial charge in [-0.2, -0.15) is 0 Å².